The lowest BCUT2D eigenvalue weighted by molar-refractivity contribution is 0.0523. The van der Waals surface area contributed by atoms with Crippen LogP contribution >= 0.6 is 0 Å². The lowest BCUT2D eigenvalue weighted by Crippen LogP contribution is -2.16. The number of esters is 1. The molecule has 6 heteroatoms. The van der Waals surface area contributed by atoms with Crippen molar-refractivity contribution in [3.8, 4) is 5.75 Å². The summed E-state index contributed by atoms with van der Waals surface area (Å²) in [4.78, 5) is 24.8. The van der Waals surface area contributed by atoms with Gasteiger partial charge >= 0.3 is 5.97 Å². The third-order valence-corrected chi connectivity index (χ3v) is 4.36. The quantitative estimate of drug-likeness (QED) is 0.416. The van der Waals surface area contributed by atoms with Crippen LogP contribution < -0.4 is 4.74 Å². The Balaban J connectivity index is 1.90. The summed E-state index contributed by atoms with van der Waals surface area (Å²) in [7, 11) is 0. The Bertz CT molecular complexity index is 1040. The van der Waals surface area contributed by atoms with Gasteiger partial charge < -0.3 is 13.9 Å². The van der Waals surface area contributed by atoms with Crippen molar-refractivity contribution in [3.05, 3.63) is 65.2 Å². The van der Waals surface area contributed by atoms with Gasteiger partial charge in [0.2, 0.25) is 0 Å². The predicted octanol–water partition coefficient (Wildman–Crippen LogP) is 5.31. The van der Waals surface area contributed by atoms with Crippen LogP contribution in [0.15, 0.2) is 46.9 Å². The van der Waals surface area contributed by atoms with E-state index in [2.05, 4.69) is 0 Å². The van der Waals surface area contributed by atoms with Crippen LogP contribution in [0, 0.1) is 5.82 Å². The second kappa shape index (κ2) is 8.07. The second-order valence-electron chi connectivity index (χ2n) is 7.65. The van der Waals surface area contributed by atoms with Gasteiger partial charge in [-0.3, -0.25) is 4.79 Å². The van der Waals surface area contributed by atoms with E-state index < -0.39 is 17.2 Å². The minimum absolute atomic E-state index is 0.212. The first kappa shape index (κ1) is 20.6. The topological polar surface area (TPSA) is 65.7 Å². The van der Waals surface area contributed by atoms with Crippen LogP contribution in [-0.2, 0) is 10.2 Å². The van der Waals surface area contributed by atoms with E-state index in [1.54, 1.807) is 25.1 Å². The zero-order valence-electron chi connectivity index (χ0n) is 16.9. The summed E-state index contributed by atoms with van der Waals surface area (Å²) in [6, 6.07) is 10.3. The molecule has 1 heterocycles. The maximum Gasteiger partial charge on any atom is 0.342 e. The normalized spacial score (nSPS) is 11.5. The molecule has 29 heavy (non-hydrogen) atoms. The number of hydrogen-bond acceptors (Lipinski definition) is 5. The molecule has 0 atom stereocenters. The van der Waals surface area contributed by atoms with E-state index in [0.717, 1.165) is 0 Å². The lowest BCUT2D eigenvalue weighted by Gasteiger charge is -2.16. The summed E-state index contributed by atoms with van der Waals surface area (Å²) in [5, 5.41) is 0.570. The van der Waals surface area contributed by atoms with E-state index in [9.17, 15) is 14.0 Å². The summed E-state index contributed by atoms with van der Waals surface area (Å²) in [6.45, 7) is 7.63. The number of carbonyl (C=O) groups is 2. The Labute approximate surface area is 168 Å². The van der Waals surface area contributed by atoms with Crippen LogP contribution in [-0.4, -0.2) is 25.0 Å². The first-order valence-electron chi connectivity index (χ1n) is 9.36. The molecule has 0 radical (unpaired) electrons. The Hall–Kier alpha value is -3.15. The van der Waals surface area contributed by atoms with Gasteiger partial charge in [-0.2, -0.15) is 0 Å². The Morgan fingerprint density at radius 2 is 1.76 bits per heavy atom. The van der Waals surface area contributed by atoms with Crippen molar-refractivity contribution in [3.63, 3.8) is 0 Å². The Morgan fingerprint density at radius 1 is 1.07 bits per heavy atom. The SMILES string of the molecule is CCOC(=O)c1c(C(C)(C)C)oc2ccc(OCC(=O)c3ccc(F)cc3)cc12. The minimum atomic E-state index is -0.462. The standard InChI is InChI=1S/C23H23FO5/c1-5-27-22(26)20-17-12-16(10-11-19(17)29-21(20)23(2,3)4)28-13-18(25)14-6-8-15(24)9-7-14/h6-12H,5,13H2,1-4H3. The maximum absolute atomic E-state index is 13.0. The van der Waals surface area contributed by atoms with Crippen LogP contribution in [0.1, 0.15) is 54.2 Å². The zero-order chi connectivity index (χ0) is 21.2. The van der Waals surface area contributed by atoms with Crippen molar-refractivity contribution in [1.29, 1.82) is 0 Å². The van der Waals surface area contributed by atoms with Gasteiger partial charge in [-0.15, -0.1) is 0 Å². The van der Waals surface area contributed by atoms with Gasteiger partial charge in [-0.25, -0.2) is 9.18 Å². The molecule has 5 nitrogen and oxygen atoms in total. The highest BCUT2D eigenvalue weighted by molar-refractivity contribution is 6.05. The zero-order valence-corrected chi connectivity index (χ0v) is 16.9. The third kappa shape index (κ3) is 4.47. The Morgan fingerprint density at radius 3 is 2.38 bits per heavy atom. The average molecular weight is 398 g/mol. The van der Waals surface area contributed by atoms with Gasteiger partial charge in [0.25, 0.3) is 0 Å². The summed E-state index contributed by atoms with van der Waals surface area (Å²) >= 11 is 0. The van der Waals surface area contributed by atoms with Crippen LogP contribution in [0.3, 0.4) is 0 Å². The molecule has 0 spiro atoms. The van der Waals surface area contributed by atoms with Gasteiger partial charge in [-0.1, -0.05) is 20.8 Å². The van der Waals surface area contributed by atoms with Crippen molar-refractivity contribution in [2.75, 3.05) is 13.2 Å². The van der Waals surface area contributed by atoms with Gasteiger partial charge in [0, 0.05) is 16.4 Å². The monoisotopic (exact) mass is 398 g/mol. The molecule has 0 fully saturated rings. The first-order chi connectivity index (χ1) is 13.7. The molecular formula is C23H23FO5. The molecular weight excluding hydrogens is 375 g/mol. The highest BCUT2D eigenvalue weighted by Gasteiger charge is 2.30. The number of Topliss-reactive ketones (excluding diaryl/α,β-unsaturated/α-hetero) is 1. The summed E-state index contributed by atoms with van der Waals surface area (Å²) in [5.41, 5.74) is 0.860. The Kier molecular flexibility index (Phi) is 5.73. The highest BCUT2D eigenvalue weighted by Crippen LogP contribution is 2.36. The summed E-state index contributed by atoms with van der Waals surface area (Å²) in [5.74, 6) is -0.201. The number of benzene rings is 2. The fourth-order valence-corrected chi connectivity index (χ4v) is 2.97. The van der Waals surface area contributed by atoms with Crippen molar-refractivity contribution in [2.24, 2.45) is 0 Å². The molecule has 2 aromatic carbocycles. The highest BCUT2D eigenvalue weighted by atomic mass is 19.1. The van der Waals surface area contributed by atoms with Gasteiger partial charge in [-0.05, 0) is 49.4 Å². The predicted molar refractivity (Wildman–Crippen MR) is 107 cm³/mol. The molecule has 0 saturated heterocycles. The van der Waals surface area contributed by atoms with E-state index in [1.165, 1.54) is 24.3 Å². The molecule has 0 unspecified atom stereocenters. The molecule has 0 N–H and O–H groups in total. The number of halogens is 1. The van der Waals surface area contributed by atoms with Crippen molar-refractivity contribution >= 4 is 22.7 Å². The van der Waals surface area contributed by atoms with Crippen LogP contribution in [0.2, 0.25) is 0 Å². The van der Waals surface area contributed by atoms with E-state index in [-0.39, 0.29) is 19.0 Å². The van der Waals surface area contributed by atoms with Crippen molar-refractivity contribution in [1.82, 2.24) is 0 Å². The van der Waals surface area contributed by atoms with E-state index in [0.29, 0.717) is 33.6 Å². The number of rotatable bonds is 6. The molecule has 1 aromatic heterocycles. The van der Waals surface area contributed by atoms with Crippen molar-refractivity contribution in [2.45, 2.75) is 33.1 Å². The molecule has 152 valence electrons. The van der Waals surface area contributed by atoms with Crippen LogP contribution in [0.25, 0.3) is 11.0 Å². The van der Waals surface area contributed by atoms with Crippen LogP contribution in [0.4, 0.5) is 4.39 Å². The van der Waals surface area contributed by atoms with E-state index in [1.807, 2.05) is 20.8 Å². The van der Waals surface area contributed by atoms with E-state index >= 15 is 0 Å². The van der Waals surface area contributed by atoms with Crippen molar-refractivity contribution < 1.29 is 27.9 Å². The number of fused-ring (bicyclic) bond motifs is 1. The van der Waals surface area contributed by atoms with Gasteiger partial charge in [0.15, 0.2) is 12.4 Å². The maximum atomic E-state index is 13.0. The smallest absolute Gasteiger partial charge is 0.342 e. The number of furan rings is 1. The molecule has 0 aliphatic heterocycles. The molecule has 0 saturated carbocycles. The average Bonchev–Trinajstić information content (AvgIpc) is 3.06. The van der Waals surface area contributed by atoms with E-state index in [4.69, 9.17) is 13.9 Å². The summed E-state index contributed by atoms with van der Waals surface area (Å²) in [6.07, 6.45) is 0. The molecule has 3 aromatic rings. The van der Waals surface area contributed by atoms with Gasteiger partial charge in [0.05, 0.1) is 6.61 Å². The minimum Gasteiger partial charge on any atom is -0.485 e. The molecule has 3 rings (SSSR count). The van der Waals surface area contributed by atoms with Crippen LogP contribution in [0.5, 0.6) is 5.75 Å². The third-order valence-electron chi connectivity index (χ3n) is 4.36. The molecule has 0 bridgehead atoms. The van der Waals surface area contributed by atoms with Gasteiger partial charge in [0.1, 0.15) is 28.5 Å². The number of ketones is 1. The fraction of sp³-hybridized carbons (Fsp3) is 0.304. The molecule has 0 amide bonds. The molecule has 0 aliphatic carbocycles. The molecule has 0 aliphatic rings. The number of carbonyl (C=O) groups excluding carboxylic acids is 2. The lowest BCUT2D eigenvalue weighted by atomic mass is 9.89. The number of hydrogen-bond donors (Lipinski definition) is 0. The summed E-state index contributed by atoms with van der Waals surface area (Å²) < 4.78 is 29.8. The first-order valence-corrected chi connectivity index (χ1v) is 9.36. The second-order valence-corrected chi connectivity index (χ2v) is 7.65. The fourth-order valence-electron chi connectivity index (χ4n) is 2.97. The number of ether oxygens (including phenoxy) is 2. The largest absolute Gasteiger partial charge is 0.485 e.